The topological polar surface area (TPSA) is 68.8 Å². The van der Waals surface area contributed by atoms with E-state index >= 15 is 0 Å². The monoisotopic (exact) mass is 263 g/mol. The van der Waals surface area contributed by atoms with Crippen LogP contribution in [0.25, 0.3) is 0 Å². The van der Waals surface area contributed by atoms with Crippen LogP contribution in [0.3, 0.4) is 0 Å². The molecule has 1 atom stereocenters. The quantitative estimate of drug-likeness (QED) is 0.633. The second kappa shape index (κ2) is 5.90. The van der Waals surface area contributed by atoms with Gasteiger partial charge in [0.15, 0.2) is 0 Å². The molecule has 3 N–H and O–H groups in total. The average molecular weight is 263 g/mol. The summed E-state index contributed by atoms with van der Waals surface area (Å²) in [7, 11) is 0. The van der Waals surface area contributed by atoms with Gasteiger partial charge in [0, 0.05) is 30.4 Å². The van der Waals surface area contributed by atoms with Crippen molar-refractivity contribution >= 4 is 0 Å². The lowest BCUT2D eigenvalue weighted by Gasteiger charge is -2.17. The van der Waals surface area contributed by atoms with Crippen molar-refractivity contribution in [3.8, 4) is 0 Å². The highest BCUT2D eigenvalue weighted by molar-refractivity contribution is 5.21. The SMILES string of the molecule is CCn1nc(C)cc1CC(NN)c1ccncc1F. The van der Waals surface area contributed by atoms with Gasteiger partial charge in [-0.15, -0.1) is 0 Å². The Kier molecular flexibility index (Phi) is 4.24. The Bertz CT molecular complexity index is 552. The van der Waals surface area contributed by atoms with Crippen LogP contribution in [0.4, 0.5) is 4.39 Å². The molecule has 0 saturated carbocycles. The maximum Gasteiger partial charge on any atom is 0.146 e. The van der Waals surface area contributed by atoms with Crippen molar-refractivity contribution in [1.29, 1.82) is 0 Å². The van der Waals surface area contributed by atoms with E-state index in [0.29, 0.717) is 12.0 Å². The molecule has 0 bridgehead atoms. The smallest absolute Gasteiger partial charge is 0.146 e. The van der Waals surface area contributed by atoms with Crippen LogP contribution in [0.15, 0.2) is 24.5 Å². The molecular formula is C13H18FN5. The van der Waals surface area contributed by atoms with Crippen LogP contribution in [0.2, 0.25) is 0 Å². The van der Waals surface area contributed by atoms with Crippen LogP contribution >= 0.6 is 0 Å². The van der Waals surface area contributed by atoms with Gasteiger partial charge < -0.3 is 0 Å². The Balaban J connectivity index is 2.26. The van der Waals surface area contributed by atoms with Crippen molar-refractivity contribution in [2.24, 2.45) is 5.84 Å². The van der Waals surface area contributed by atoms with Crippen molar-refractivity contribution in [3.05, 3.63) is 47.3 Å². The summed E-state index contributed by atoms with van der Waals surface area (Å²) in [6, 6.07) is 3.33. The molecule has 0 fully saturated rings. The fourth-order valence-corrected chi connectivity index (χ4v) is 2.17. The van der Waals surface area contributed by atoms with Crippen molar-refractivity contribution in [3.63, 3.8) is 0 Å². The third-order valence-electron chi connectivity index (χ3n) is 3.08. The van der Waals surface area contributed by atoms with Gasteiger partial charge in [0.1, 0.15) is 5.82 Å². The molecule has 0 spiro atoms. The summed E-state index contributed by atoms with van der Waals surface area (Å²) < 4.78 is 15.6. The maximum absolute atomic E-state index is 13.7. The van der Waals surface area contributed by atoms with E-state index < -0.39 is 0 Å². The van der Waals surface area contributed by atoms with E-state index in [0.717, 1.165) is 17.9 Å². The first-order valence-electron chi connectivity index (χ1n) is 6.24. The van der Waals surface area contributed by atoms with Crippen LogP contribution in [-0.4, -0.2) is 14.8 Å². The summed E-state index contributed by atoms with van der Waals surface area (Å²) in [5, 5.41) is 4.37. The van der Waals surface area contributed by atoms with Crippen LogP contribution in [0, 0.1) is 12.7 Å². The van der Waals surface area contributed by atoms with Gasteiger partial charge >= 0.3 is 0 Å². The van der Waals surface area contributed by atoms with E-state index in [4.69, 9.17) is 5.84 Å². The van der Waals surface area contributed by atoms with E-state index in [2.05, 4.69) is 15.5 Å². The Morgan fingerprint density at radius 3 is 2.95 bits per heavy atom. The van der Waals surface area contributed by atoms with Crippen molar-refractivity contribution in [2.75, 3.05) is 0 Å². The molecule has 0 aromatic carbocycles. The number of pyridine rings is 1. The van der Waals surface area contributed by atoms with E-state index in [1.54, 1.807) is 12.3 Å². The largest absolute Gasteiger partial charge is 0.271 e. The first-order chi connectivity index (χ1) is 9.15. The number of nitrogens with zero attached hydrogens (tertiary/aromatic N) is 3. The molecule has 2 aromatic heterocycles. The number of aromatic nitrogens is 3. The molecule has 0 aliphatic heterocycles. The van der Waals surface area contributed by atoms with Crippen LogP contribution in [0.1, 0.15) is 29.9 Å². The van der Waals surface area contributed by atoms with E-state index in [1.165, 1.54) is 6.20 Å². The van der Waals surface area contributed by atoms with Crippen LogP contribution in [-0.2, 0) is 13.0 Å². The molecule has 1 unspecified atom stereocenters. The minimum absolute atomic E-state index is 0.301. The van der Waals surface area contributed by atoms with Crippen molar-refractivity contribution in [2.45, 2.75) is 32.9 Å². The fraction of sp³-hybridized carbons (Fsp3) is 0.385. The number of nitrogens with two attached hydrogens (primary N) is 1. The van der Waals surface area contributed by atoms with E-state index in [1.807, 2.05) is 24.6 Å². The third kappa shape index (κ3) is 2.97. The van der Waals surface area contributed by atoms with Crippen molar-refractivity contribution in [1.82, 2.24) is 20.2 Å². The minimum Gasteiger partial charge on any atom is -0.271 e. The van der Waals surface area contributed by atoms with Crippen LogP contribution < -0.4 is 11.3 Å². The summed E-state index contributed by atoms with van der Waals surface area (Å²) >= 11 is 0. The fourth-order valence-electron chi connectivity index (χ4n) is 2.17. The second-order valence-electron chi connectivity index (χ2n) is 4.41. The first-order valence-corrected chi connectivity index (χ1v) is 6.24. The predicted octanol–water partition coefficient (Wildman–Crippen LogP) is 1.49. The van der Waals surface area contributed by atoms with Gasteiger partial charge in [-0.05, 0) is 26.0 Å². The Hall–Kier alpha value is -1.79. The summed E-state index contributed by atoms with van der Waals surface area (Å²) in [4.78, 5) is 3.75. The standard InChI is InChI=1S/C13H18FN5/c1-3-19-10(6-9(2)18-19)7-13(17-15)11-4-5-16-8-12(11)14/h4-6,8,13,17H,3,7,15H2,1-2H3. The van der Waals surface area contributed by atoms with E-state index in [-0.39, 0.29) is 11.9 Å². The predicted molar refractivity (Wildman–Crippen MR) is 70.6 cm³/mol. The molecule has 0 amide bonds. The Morgan fingerprint density at radius 1 is 1.53 bits per heavy atom. The lowest BCUT2D eigenvalue weighted by atomic mass is 10.0. The highest BCUT2D eigenvalue weighted by Gasteiger charge is 2.17. The van der Waals surface area contributed by atoms with Gasteiger partial charge in [0.05, 0.1) is 17.9 Å². The van der Waals surface area contributed by atoms with Gasteiger partial charge in [-0.3, -0.25) is 20.9 Å². The summed E-state index contributed by atoms with van der Waals surface area (Å²) in [6.07, 6.45) is 3.33. The molecule has 6 heteroatoms. The highest BCUT2D eigenvalue weighted by Crippen LogP contribution is 2.20. The zero-order valence-electron chi connectivity index (χ0n) is 11.1. The number of hydrazine groups is 1. The number of nitrogens with one attached hydrogen (secondary N) is 1. The lowest BCUT2D eigenvalue weighted by Crippen LogP contribution is -2.31. The summed E-state index contributed by atoms with van der Waals surface area (Å²) in [5.41, 5.74) is 5.15. The van der Waals surface area contributed by atoms with Gasteiger partial charge in [-0.2, -0.15) is 5.10 Å². The van der Waals surface area contributed by atoms with Crippen molar-refractivity contribution < 1.29 is 4.39 Å². The minimum atomic E-state index is -0.357. The molecule has 2 heterocycles. The number of rotatable bonds is 5. The molecule has 102 valence electrons. The summed E-state index contributed by atoms with van der Waals surface area (Å²) in [6.45, 7) is 4.74. The second-order valence-corrected chi connectivity index (χ2v) is 4.41. The van der Waals surface area contributed by atoms with Gasteiger partial charge in [-0.1, -0.05) is 0 Å². The normalized spacial score (nSPS) is 12.6. The molecule has 5 nitrogen and oxygen atoms in total. The number of hydrogen-bond acceptors (Lipinski definition) is 4. The van der Waals surface area contributed by atoms with Gasteiger partial charge in [0.25, 0.3) is 0 Å². The number of hydrogen-bond donors (Lipinski definition) is 2. The number of halogens is 1. The van der Waals surface area contributed by atoms with Gasteiger partial charge in [-0.25, -0.2) is 4.39 Å². The molecular weight excluding hydrogens is 245 g/mol. The molecule has 2 rings (SSSR count). The molecule has 0 aliphatic rings. The highest BCUT2D eigenvalue weighted by atomic mass is 19.1. The third-order valence-corrected chi connectivity index (χ3v) is 3.08. The maximum atomic E-state index is 13.7. The molecule has 2 aromatic rings. The lowest BCUT2D eigenvalue weighted by molar-refractivity contribution is 0.488. The van der Waals surface area contributed by atoms with Gasteiger partial charge in [0.2, 0.25) is 0 Å². The first kappa shape index (κ1) is 13.6. The molecule has 19 heavy (non-hydrogen) atoms. The number of aryl methyl sites for hydroxylation is 2. The molecule has 0 radical (unpaired) electrons. The zero-order chi connectivity index (χ0) is 13.8. The van der Waals surface area contributed by atoms with Crippen LogP contribution in [0.5, 0.6) is 0 Å². The molecule has 0 saturated heterocycles. The molecule has 0 aliphatic carbocycles. The Labute approximate surface area is 111 Å². The van der Waals surface area contributed by atoms with E-state index in [9.17, 15) is 4.39 Å². The average Bonchev–Trinajstić information content (AvgIpc) is 2.77. The summed E-state index contributed by atoms with van der Waals surface area (Å²) in [5.74, 6) is 5.20. The zero-order valence-corrected chi connectivity index (χ0v) is 11.1. The Morgan fingerprint density at radius 2 is 2.32 bits per heavy atom.